The van der Waals surface area contributed by atoms with Crippen LogP contribution in [0.25, 0.3) is 0 Å². The SMILES string of the molecule is CCCCC(CCc1ccc(C(C)(C)C)cc1C(C)(C)C)(COP1OC(C2OP(Oc3c(C(C)(C)C)cc(C(C)(C)C)cc3C(C)(C)C)OCC2(CC)CCCC)O1)c1ccc(C(C)(C)C)cc1C(C)(C)C. The number of aryl methyl sites for hydroxylation is 1. The lowest BCUT2D eigenvalue weighted by atomic mass is 9.66. The van der Waals surface area contributed by atoms with Crippen molar-refractivity contribution in [2.24, 2.45) is 5.41 Å². The molecule has 5 rings (SSSR count). The summed E-state index contributed by atoms with van der Waals surface area (Å²) in [7, 11) is -3.41. The van der Waals surface area contributed by atoms with Crippen molar-refractivity contribution < 1.29 is 27.1 Å². The van der Waals surface area contributed by atoms with E-state index in [-0.39, 0.29) is 54.8 Å². The fraction of sp³-hybridized carbons (Fsp3) is 0.719. The van der Waals surface area contributed by atoms with Crippen LogP contribution in [-0.4, -0.2) is 25.6 Å². The van der Waals surface area contributed by atoms with Gasteiger partial charge >= 0.3 is 17.2 Å². The van der Waals surface area contributed by atoms with Crippen molar-refractivity contribution in [1.82, 2.24) is 0 Å². The van der Waals surface area contributed by atoms with E-state index in [1.165, 1.54) is 50.1 Å². The Bertz CT molecular complexity index is 2230. The molecule has 4 atom stereocenters. The second-order valence-electron chi connectivity index (χ2n) is 29.2. The van der Waals surface area contributed by atoms with Gasteiger partial charge in [-0.1, -0.05) is 240 Å². The van der Waals surface area contributed by atoms with Crippen molar-refractivity contribution in [2.75, 3.05) is 13.2 Å². The fourth-order valence-corrected chi connectivity index (χ4v) is 13.0. The van der Waals surface area contributed by atoms with Crippen LogP contribution in [0, 0.1) is 5.41 Å². The zero-order valence-corrected chi connectivity index (χ0v) is 52.2. The molecule has 6 nitrogen and oxygen atoms in total. The summed E-state index contributed by atoms with van der Waals surface area (Å²) in [6.45, 7) is 56.5. The summed E-state index contributed by atoms with van der Waals surface area (Å²) in [4.78, 5) is 0. The first kappa shape index (κ1) is 61.0. The maximum atomic E-state index is 7.12. The van der Waals surface area contributed by atoms with E-state index in [0.29, 0.717) is 13.2 Å². The summed E-state index contributed by atoms with van der Waals surface area (Å²) in [5.74, 6) is 0.875. The topological polar surface area (TPSA) is 55.4 Å². The highest BCUT2D eigenvalue weighted by Gasteiger charge is 2.56. The van der Waals surface area contributed by atoms with Crippen molar-refractivity contribution in [3.05, 3.63) is 98.6 Å². The molecular formula is C64H104O6P2. The number of benzene rings is 3. The van der Waals surface area contributed by atoms with Gasteiger partial charge in [0, 0.05) is 22.0 Å². The highest BCUT2D eigenvalue weighted by atomic mass is 31.2. The maximum Gasteiger partial charge on any atom is 0.397 e. The smallest absolute Gasteiger partial charge is 0.397 e. The summed E-state index contributed by atoms with van der Waals surface area (Å²) >= 11 is 0. The van der Waals surface area contributed by atoms with E-state index >= 15 is 0 Å². The number of rotatable bonds is 17. The predicted octanol–water partition coefficient (Wildman–Crippen LogP) is 19.8. The third kappa shape index (κ3) is 14.6. The van der Waals surface area contributed by atoms with Gasteiger partial charge in [-0.2, -0.15) is 0 Å². The van der Waals surface area contributed by atoms with Gasteiger partial charge in [0.25, 0.3) is 0 Å². The summed E-state index contributed by atoms with van der Waals surface area (Å²) in [5, 5.41) is 0. The maximum absolute atomic E-state index is 7.12. The van der Waals surface area contributed by atoms with E-state index in [0.717, 1.165) is 63.5 Å². The Hall–Kier alpha value is -1.88. The Labute approximate surface area is 445 Å². The Kier molecular flexibility index (Phi) is 19.1. The lowest BCUT2D eigenvalue weighted by molar-refractivity contribution is -0.209. The van der Waals surface area contributed by atoms with Crippen LogP contribution >= 0.6 is 17.2 Å². The molecule has 0 amide bonds. The molecule has 3 aromatic carbocycles. The van der Waals surface area contributed by atoms with Crippen LogP contribution in [-0.2, 0) is 72.4 Å². The molecule has 0 radical (unpaired) electrons. The number of unbranched alkanes of at least 4 members (excludes halogenated alkanes) is 2. The van der Waals surface area contributed by atoms with Gasteiger partial charge in [-0.3, -0.25) is 13.6 Å². The molecule has 0 spiro atoms. The third-order valence-corrected chi connectivity index (χ3v) is 17.9. The Morgan fingerprint density at radius 1 is 0.514 bits per heavy atom. The van der Waals surface area contributed by atoms with Gasteiger partial charge in [0.1, 0.15) is 11.9 Å². The third-order valence-electron chi connectivity index (χ3n) is 15.7. The first-order chi connectivity index (χ1) is 32.9. The number of hydrogen-bond donors (Lipinski definition) is 0. The van der Waals surface area contributed by atoms with Crippen molar-refractivity contribution in [2.45, 2.75) is 280 Å². The van der Waals surface area contributed by atoms with E-state index in [9.17, 15) is 0 Å². The van der Waals surface area contributed by atoms with Crippen LogP contribution in [0.2, 0.25) is 0 Å². The normalized spacial score (nSPS) is 22.7. The van der Waals surface area contributed by atoms with E-state index in [1.807, 2.05) is 0 Å². The molecule has 2 fully saturated rings. The minimum Gasteiger partial charge on any atom is -0.426 e. The molecule has 4 unspecified atom stereocenters. The van der Waals surface area contributed by atoms with Gasteiger partial charge in [-0.15, -0.1) is 0 Å². The van der Waals surface area contributed by atoms with Crippen molar-refractivity contribution in [3.8, 4) is 5.75 Å². The molecule has 0 N–H and O–H groups in total. The zero-order chi connectivity index (χ0) is 54.3. The van der Waals surface area contributed by atoms with Crippen LogP contribution in [0.3, 0.4) is 0 Å². The van der Waals surface area contributed by atoms with E-state index in [1.54, 1.807) is 0 Å². The average Bonchev–Trinajstić information content (AvgIpc) is 3.23. The lowest BCUT2D eigenvalue weighted by Gasteiger charge is -2.50. The standard InChI is InChI=1S/C64H104O6P2/c1-25-28-35-63(27-3)42-65-71(67-53-51(61(19,20)21)40-47(58(10,11)12)41-52(53)62(22,23)24)68-54(63)55-69-72(70-55)66-43-64(36-29-26-2,48-33-32-46(57(7,8)9)39-50(48)60(16,17)18)37-34-44-30-31-45(56(4,5)6)38-49(44)59(13,14)15/h30-33,38-41,54-55H,25-29,34-37,42-43H2,1-24H3. The largest absolute Gasteiger partial charge is 0.426 e. The Balaban J connectivity index is 1.53. The minimum absolute atomic E-state index is 0.000950. The molecule has 406 valence electrons. The fourth-order valence-electron chi connectivity index (χ4n) is 10.5. The molecule has 2 heterocycles. The Morgan fingerprint density at radius 2 is 1.00 bits per heavy atom. The van der Waals surface area contributed by atoms with Gasteiger partial charge in [0.15, 0.2) is 0 Å². The summed E-state index contributed by atoms with van der Waals surface area (Å²) in [6, 6.07) is 19.3. The van der Waals surface area contributed by atoms with Gasteiger partial charge in [-0.05, 0) is 109 Å². The summed E-state index contributed by atoms with van der Waals surface area (Å²) in [5.41, 5.74) is 11.1. The minimum atomic E-state index is -1.78. The van der Waals surface area contributed by atoms with Crippen LogP contribution in [0.1, 0.15) is 268 Å². The van der Waals surface area contributed by atoms with Crippen LogP contribution in [0.15, 0.2) is 48.5 Å². The monoisotopic (exact) mass is 1030 g/mol. The van der Waals surface area contributed by atoms with Crippen molar-refractivity contribution in [3.63, 3.8) is 0 Å². The molecular weight excluding hydrogens is 927 g/mol. The van der Waals surface area contributed by atoms with Gasteiger partial charge in [0.05, 0.1) is 13.2 Å². The molecule has 0 aliphatic carbocycles. The van der Waals surface area contributed by atoms with Gasteiger partial charge in [-0.25, -0.2) is 0 Å². The molecule has 0 saturated carbocycles. The van der Waals surface area contributed by atoms with Crippen LogP contribution in [0.4, 0.5) is 0 Å². The molecule has 2 aliphatic heterocycles. The summed E-state index contributed by atoms with van der Waals surface area (Å²) in [6.07, 6.45) is 8.08. The van der Waals surface area contributed by atoms with Crippen molar-refractivity contribution in [1.29, 1.82) is 0 Å². The summed E-state index contributed by atoms with van der Waals surface area (Å²) < 4.78 is 41.8. The molecule has 0 bridgehead atoms. The second-order valence-corrected chi connectivity index (χ2v) is 31.4. The predicted molar refractivity (Wildman–Crippen MR) is 309 cm³/mol. The highest BCUT2D eigenvalue weighted by molar-refractivity contribution is 7.43. The van der Waals surface area contributed by atoms with Gasteiger partial charge < -0.3 is 13.6 Å². The first-order valence-corrected chi connectivity index (χ1v) is 30.1. The zero-order valence-electron chi connectivity index (χ0n) is 50.4. The van der Waals surface area contributed by atoms with Gasteiger partial charge in [0.2, 0.25) is 6.29 Å². The molecule has 72 heavy (non-hydrogen) atoms. The molecule has 3 aromatic rings. The van der Waals surface area contributed by atoms with Crippen molar-refractivity contribution >= 4 is 17.2 Å². The quantitative estimate of drug-likeness (QED) is 0.126. The van der Waals surface area contributed by atoms with Crippen LogP contribution in [0.5, 0.6) is 5.75 Å². The molecule has 2 aliphatic rings. The average molecular weight is 1030 g/mol. The van der Waals surface area contributed by atoms with E-state index in [4.69, 9.17) is 27.1 Å². The van der Waals surface area contributed by atoms with E-state index in [2.05, 4.69) is 215 Å². The molecule has 2 saturated heterocycles. The number of hydrogen-bond acceptors (Lipinski definition) is 6. The van der Waals surface area contributed by atoms with E-state index < -0.39 is 23.5 Å². The van der Waals surface area contributed by atoms with Crippen LogP contribution < -0.4 is 4.52 Å². The Morgan fingerprint density at radius 3 is 1.47 bits per heavy atom. The second kappa shape index (κ2) is 22.6. The molecule has 0 aromatic heterocycles. The lowest BCUT2D eigenvalue weighted by Crippen LogP contribution is -2.53. The molecule has 8 heteroatoms. The first-order valence-electron chi connectivity index (χ1n) is 27.9. The highest BCUT2D eigenvalue weighted by Crippen LogP contribution is 2.63.